The Labute approximate surface area is 130 Å². The molecule has 120 valence electrons. The normalized spacial score (nSPS) is 22.3. The van der Waals surface area contributed by atoms with E-state index < -0.39 is 0 Å². The molecule has 2 unspecified atom stereocenters. The third kappa shape index (κ3) is 4.57. The molecule has 0 aliphatic heterocycles. The van der Waals surface area contributed by atoms with Gasteiger partial charge in [-0.15, -0.1) is 0 Å². The molecule has 3 heteroatoms. The Balaban J connectivity index is 1.88. The minimum Gasteiger partial charge on any atom is -0.316 e. The first-order valence-electron chi connectivity index (χ1n) is 9.03. The van der Waals surface area contributed by atoms with Crippen LogP contribution in [0, 0.1) is 11.8 Å². The molecule has 1 fully saturated rings. The average Bonchev–Trinajstić information content (AvgIpc) is 3.12. The van der Waals surface area contributed by atoms with E-state index in [1.54, 1.807) is 0 Å². The van der Waals surface area contributed by atoms with E-state index in [9.17, 15) is 0 Å². The summed E-state index contributed by atoms with van der Waals surface area (Å²) < 4.78 is 2.19. The molecule has 0 radical (unpaired) electrons. The van der Waals surface area contributed by atoms with Crippen molar-refractivity contribution >= 4 is 0 Å². The molecular weight excluding hydrogens is 258 g/mol. The third-order valence-corrected chi connectivity index (χ3v) is 5.10. The fourth-order valence-corrected chi connectivity index (χ4v) is 3.74. The second kappa shape index (κ2) is 8.57. The molecule has 0 amide bonds. The molecule has 1 saturated carbocycles. The number of hydrogen-bond donors (Lipinski definition) is 1. The van der Waals surface area contributed by atoms with Crippen molar-refractivity contribution in [2.45, 2.75) is 71.8 Å². The summed E-state index contributed by atoms with van der Waals surface area (Å²) in [6.45, 7) is 9.10. The minimum atomic E-state index is 0.573. The zero-order valence-corrected chi connectivity index (χ0v) is 14.1. The van der Waals surface area contributed by atoms with E-state index in [2.05, 4.69) is 43.0 Å². The van der Waals surface area contributed by atoms with Crippen LogP contribution in [0.25, 0.3) is 0 Å². The molecule has 1 heterocycles. The lowest BCUT2D eigenvalue weighted by Gasteiger charge is -2.19. The Morgan fingerprint density at radius 2 is 2.00 bits per heavy atom. The molecule has 0 bridgehead atoms. The van der Waals surface area contributed by atoms with Gasteiger partial charge in [0.1, 0.15) is 0 Å². The summed E-state index contributed by atoms with van der Waals surface area (Å²) in [5, 5.41) is 8.45. The van der Waals surface area contributed by atoms with Gasteiger partial charge in [-0.05, 0) is 69.5 Å². The molecule has 2 atom stereocenters. The lowest BCUT2D eigenvalue weighted by molar-refractivity contribution is 0.359. The van der Waals surface area contributed by atoms with E-state index in [-0.39, 0.29) is 0 Å². The fourth-order valence-electron chi connectivity index (χ4n) is 3.74. The van der Waals surface area contributed by atoms with E-state index in [1.165, 1.54) is 57.2 Å². The molecule has 2 rings (SSSR count). The topological polar surface area (TPSA) is 29.9 Å². The molecule has 3 nitrogen and oxygen atoms in total. The highest BCUT2D eigenvalue weighted by Crippen LogP contribution is 2.33. The van der Waals surface area contributed by atoms with Gasteiger partial charge in [-0.3, -0.25) is 4.68 Å². The Morgan fingerprint density at radius 1 is 1.24 bits per heavy atom. The minimum absolute atomic E-state index is 0.573. The van der Waals surface area contributed by atoms with Gasteiger partial charge in [0.15, 0.2) is 0 Å². The van der Waals surface area contributed by atoms with Crippen LogP contribution in [0.3, 0.4) is 0 Å². The lowest BCUT2D eigenvalue weighted by Crippen LogP contribution is -2.26. The van der Waals surface area contributed by atoms with Gasteiger partial charge < -0.3 is 5.32 Å². The van der Waals surface area contributed by atoms with Crippen molar-refractivity contribution in [3.05, 3.63) is 18.0 Å². The number of hydrogen-bond acceptors (Lipinski definition) is 2. The van der Waals surface area contributed by atoms with E-state index in [4.69, 9.17) is 5.10 Å². The van der Waals surface area contributed by atoms with Crippen molar-refractivity contribution in [2.24, 2.45) is 11.8 Å². The quantitative estimate of drug-likeness (QED) is 0.691. The summed E-state index contributed by atoms with van der Waals surface area (Å²) in [6, 6.07) is 2.82. The number of rotatable bonds is 9. The van der Waals surface area contributed by atoms with Gasteiger partial charge in [0, 0.05) is 6.20 Å². The largest absolute Gasteiger partial charge is 0.316 e. The maximum Gasteiger partial charge on any atom is 0.0627 e. The van der Waals surface area contributed by atoms with Crippen LogP contribution in [0.15, 0.2) is 12.3 Å². The second-order valence-electron chi connectivity index (χ2n) is 6.62. The van der Waals surface area contributed by atoms with Crippen molar-refractivity contribution in [3.8, 4) is 0 Å². The molecule has 1 aromatic heterocycles. The lowest BCUT2D eigenvalue weighted by atomic mass is 9.91. The SMILES string of the molecule is CCCNCC1CCCC1Cc1ccn(C(CC)CC)n1. The predicted octanol–water partition coefficient (Wildman–Crippen LogP) is 4.20. The zero-order valence-electron chi connectivity index (χ0n) is 14.1. The van der Waals surface area contributed by atoms with Gasteiger partial charge >= 0.3 is 0 Å². The van der Waals surface area contributed by atoms with Gasteiger partial charge in [-0.2, -0.15) is 5.10 Å². The first kappa shape index (κ1) is 16.5. The maximum absolute atomic E-state index is 4.84. The highest BCUT2D eigenvalue weighted by Gasteiger charge is 2.27. The molecule has 1 aliphatic rings. The predicted molar refractivity (Wildman–Crippen MR) is 89.5 cm³/mol. The van der Waals surface area contributed by atoms with Gasteiger partial charge in [0.25, 0.3) is 0 Å². The zero-order chi connectivity index (χ0) is 15.1. The highest BCUT2D eigenvalue weighted by molar-refractivity contribution is 5.02. The summed E-state index contributed by atoms with van der Waals surface area (Å²) in [6.07, 6.45) is 11.1. The first-order valence-corrected chi connectivity index (χ1v) is 9.03. The number of aromatic nitrogens is 2. The van der Waals surface area contributed by atoms with E-state index >= 15 is 0 Å². The van der Waals surface area contributed by atoms with Gasteiger partial charge in [-0.1, -0.05) is 27.2 Å². The first-order chi connectivity index (χ1) is 10.3. The second-order valence-corrected chi connectivity index (χ2v) is 6.62. The van der Waals surface area contributed by atoms with E-state index in [0.717, 1.165) is 18.4 Å². The third-order valence-electron chi connectivity index (χ3n) is 5.10. The number of nitrogens with zero attached hydrogens (tertiary/aromatic N) is 2. The summed E-state index contributed by atoms with van der Waals surface area (Å²) in [7, 11) is 0. The molecule has 0 saturated heterocycles. The smallest absolute Gasteiger partial charge is 0.0627 e. The van der Waals surface area contributed by atoms with Crippen molar-refractivity contribution in [3.63, 3.8) is 0 Å². The number of nitrogens with one attached hydrogen (secondary N) is 1. The van der Waals surface area contributed by atoms with E-state index in [1.807, 2.05) is 0 Å². The van der Waals surface area contributed by atoms with Crippen LogP contribution in [0.2, 0.25) is 0 Å². The molecule has 1 aliphatic carbocycles. The summed E-state index contributed by atoms with van der Waals surface area (Å²) in [5.41, 5.74) is 1.30. The Bertz CT molecular complexity index is 395. The molecule has 0 aromatic carbocycles. The van der Waals surface area contributed by atoms with E-state index in [0.29, 0.717) is 6.04 Å². The maximum atomic E-state index is 4.84. The fraction of sp³-hybridized carbons (Fsp3) is 0.833. The van der Waals surface area contributed by atoms with Crippen LogP contribution < -0.4 is 5.32 Å². The van der Waals surface area contributed by atoms with Crippen LogP contribution in [0.1, 0.15) is 71.0 Å². The average molecular weight is 291 g/mol. The Hall–Kier alpha value is -0.830. The molecule has 0 spiro atoms. The van der Waals surface area contributed by atoms with Crippen LogP contribution in [-0.4, -0.2) is 22.9 Å². The molecule has 21 heavy (non-hydrogen) atoms. The monoisotopic (exact) mass is 291 g/mol. The van der Waals surface area contributed by atoms with Crippen molar-refractivity contribution in [1.29, 1.82) is 0 Å². The molecular formula is C18H33N3. The van der Waals surface area contributed by atoms with Gasteiger partial charge in [0.2, 0.25) is 0 Å². The summed E-state index contributed by atoms with van der Waals surface area (Å²) in [4.78, 5) is 0. The molecule has 1 N–H and O–H groups in total. The Morgan fingerprint density at radius 3 is 2.71 bits per heavy atom. The van der Waals surface area contributed by atoms with Crippen LogP contribution in [0.4, 0.5) is 0 Å². The van der Waals surface area contributed by atoms with Crippen molar-refractivity contribution < 1.29 is 0 Å². The summed E-state index contributed by atoms with van der Waals surface area (Å²) in [5.74, 6) is 1.69. The summed E-state index contributed by atoms with van der Waals surface area (Å²) >= 11 is 0. The van der Waals surface area contributed by atoms with Crippen LogP contribution >= 0.6 is 0 Å². The van der Waals surface area contributed by atoms with Crippen LogP contribution in [0.5, 0.6) is 0 Å². The van der Waals surface area contributed by atoms with Crippen LogP contribution in [-0.2, 0) is 6.42 Å². The standard InChI is InChI=1S/C18H33N3/c1-4-11-19-14-16-9-7-8-15(16)13-17-10-12-21(20-17)18(5-2)6-3/h10,12,15-16,18-19H,4-9,11,13-14H2,1-3H3. The molecule has 1 aromatic rings. The van der Waals surface area contributed by atoms with Gasteiger partial charge in [0.05, 0.1) is 11.7 Å². The van der Waals surface area contributed by atoms with Crippen molar-refractivity contribution in [1.82, 2.24) is 15.1 Å². The van der Waals surface area contributed by atoms with Gasteiger partial charge in [-0.25, -0.2) is 0 Å². The van der Waals surface area contributed by atoms with Crippen molar-refractivity contribution in [2.75, 3.05) is 13.1 Å². The highest BCUT2D eigenvalue weighted by atomic mass is 15.3. The Kier molecular flexibility index (Phi) is 6.75.